The molecular weight excluding hydrogens is 431 g/mol. The number of aromatic nitrogens is 3. The highest BCUT2D eigenvalue weighted by Gasteiger charge is 2.35. The lowest BCUT2D eigenvalue weighted by Gasteiger charge is -2.12. The predicted octanol–water partition coefficient (Wildman–Crippen LogP) is 4.07. The number of primary amides is 1. The molecule has 0 radical (unpaired) electrons. The second-order valence-corrected chi connectivity index (χ2v) is 7.56. The molecule has 0 aliphatic rings. The summed E-state index contributed by atoms with van der Waals surface area (Å²) >= 11 is 0.692. The van der Waals surface area contributed by atoms with Crippen LogP contribution in [0.4, 0.5) is 18.9 Å². The van der Waals surface area contributed by atoms with Crippen molar-refractivity contribution in [1.29, 1.82) is 0 Å². The Morgan fingerprint density at radius 1 is 1.16 bits per heavy atom. The largest absolute Gasteiger partial charge is 0.433 e. The number of thiophene rings is 1. The van der Waals surface area contributed by atoms with E-state index in [1.807, 2.05) is 0 Å². The van der Waals surface area contributed by atoms with Gasteiger partial charge in [-0.3, -0.25) is 14.3 Å². The van der Waals surface area contributed by atoms with Gasteiger partial charge in [-0.15, -0.1) is 11.3 Å². The smallest absolute Gasteiger partial charge is 0.365 e. The molecule has 11 heteroatoms. The Morgan fingerprint density at radius 2 is 1.87 bits per heavy atom. The van der Waals surface area contributed by atoms with Gasteiger partial charge in [-0.05, 0) is 23.3 Å². The maximum atomic E-state index is 13.5. The number of hydrogen-bond donors (Lipinski definition) is 2. The van der Waals surface area contributed by atoms with E-state index in [0.29, 0.717) is 16.9 Å². The molecule has 0 fully saturated rings. The molecule has 0 bridgehead atoms. The second-order valence-electron chi connectivity index (χ2n) is 6.56. The molecule has 3 aromatic heterocycles. The fourth-order valence-corrected chi connectivity index (χ4v) is 4.16. The number of fused-ring (bicyclic) bond motifs is 1. The number of rotatable bonds is 4. The standard InChI is InChI=1S/C20H14F3N5O2S/c1-28-12(7-8-25-28)18(30)27-15-14-11(10-5-3-2-4-6-10)9-13(20(21,22)23)26-19(14)31-16(15)17(24)29/h2-9H,1H3,(H2,24,29)(H,27,30). The van der Waals surface area contributed by atoms with E-state index in [1.165, 1.54) is 16.9 Å². The van der Waals surface area contributed by atoms with Gasteiger partial charge in [-0.1, -0.05) is 30.3 Å². The number of benzene rings is 1. The van der Waals surface area contributed by atoms with Crippen molar-refractivity contribution in [3.8, 4) is 11.1 Å². The van der Waals surface area contributed by atoms with Crippen LogP contribution in [0.25, 0.3) is 21.3 Å². The maximum absolute atomic E-state index is 13.5. The summed E-state index contributed by atoms with van der Waals surface area (Å²) in [6.07, 6.45) is -3.28. The van der Waals surface area contributed by atoms with Crippen LogP contribution in [0.3, 0.4) is 0 Å². The number of amides is 2. The molecule has 0 saturated heterocycles. The van der Waals surface area contributed by atoms with Crippen molar-refractivity contribution in [3.63, 3.8) is 0 Å². The van der Waals surface area contributed by atoms with Gasteiger partial charge in [0.05, 0.1) is 5.69 Å². The molecule has 4 aromatic rings. The third-order valence-electron chi connectivity index (χ3n) is 4.55. The summed E-state index contributed by atoms with van der Waals surface area (Å²) in [5.41, 5.74) is 5.19. The zero-order valence-electron chi connectivity index (χ0n) is 15.9. The van der Waals surface area contributed by atoms with Gasteiger partial charge in [0.2, 0.25) is 0 Å². The lowest BCUT2D eigenvalue weighted by molar-refractivity contribution is -0.140. The molecule has 1 aromatic carbocycles. The van der Waals surface area contributed by atoms with Crippen molar-refractivity contribution in [1.82, 2.24) is 14.8 Å². The summed E-state index contributed by atoms with van der Waals surface area (Å²) in [5.74, 6) is -1.49. The number of aryl methyl sites for hydroxylation is 1. The van der Waals surface area contributed by atoms with E-state index in [1.54, 1.807) is 37.4 Å². The number of pyridine rings is 1. The summed E-state index contributed by atoms with van der Waals surface area (Å²) in [6.45, 7) is 0. The Morgan fingerprint density at radius 3 is 2.45 bits per heavy atom. The zero-order valence-corrected chi connectivity index (χ0v) is 16.7. The second kappa shape index (κ2) is 7.51. The van der Waals surface area contributed by atoms with Crippen molar-refractivity contribution in [3.05, 3.63) is 64.9 Å². The van der Waals surface area contributed by atoms with Crippen molar-refractivity contribution in [2.45, 2.75) is 6.18 Å². The Balaban J connectivity index is 2.00. The Bertz CT molecular complexity index is 1310. The van der Waals surface area contributed by atoms with Crippen molar-refractivity contribution < 1.29 is 22.8 Å². The number of nitrogens with one attached hydrogen (secondary N) is 1. The molecule has 0 saturated carbocycles. The topological polar surface area (TPSA) is 103 Å². The Kier molecular flexibility index (Phi) is 4.97. The van der Waals surface area contributed by atoms with Crippen molar-refractivity contribution >= 4 is 39.1 Å². The van der Waals surface area contributed by atoms with E-state index >= 15 is 0 Å². The first-order chi connectivity index (χ1) is 14.7. The molecule has 2 amide bonds. The average molecular weight is 445 g/mol. The summed E-state index contributed by atoms with van der Waals surface area (Å²) in [7, 11) is 1.56. The summed E-state index contributed by atoms with van der Waals surface area (Å²) < 4.78 is 41.8. The van der Waals surface area contributed by atoms with E-state index in [4.69, 9.17) is 5.73 Å². The van der Waals surface area contributed by atoms with Crippen molar-refractivity contribution in [2.24, 2.45) is 12.8 Å². The fourth-order valence-electron chi connectivity index (χ4n) is 3.16. The van der Waals surface area contributed by atoms with Crippen LogP contribution in [0.1, 0.15) is 25.9 Å². The van der Waals surface area contributed by atoms with Gasteiger partial charge < -0.3 is 11.1 Å². The number of nitrogens with two attached hydrogens (primary N) is 1. The molecule has 7 nitrogen and oxygen atoms in total. The van der Waals surface area contributed by atoms with Gasteiger partial charge in [0.1, 0.15) is 21.1 Å². The molecule has 0 aliphatic carbocycles. The SMILES string of the molecule is Cn1nccc1C(=O)Nc1c(C(N)=O)sc2nc(C(F)(F)F)cc(-c3ccccc3)c12. The number of carbonyl (C=O) groups excluding carboxylic acids is 2. The van der Waals surface area contributed by atoms with Crippen LogP contribution in [-0.4, -0.2) is 26.6 Å². The summed E-state index contributed by atoms with van der Waals surface area (Å²) in [5, 5.41) is 6.74. The van der Waals surface area contributed by atoms with Crippen LogP contribution in [-0.2, 0) is 13.2 Å². The number of nitrogens with zero attached hydrogens (tertiary/aromatic N) is 3. The van der Waals surface area contributed by atoms with E-state index < -0.39 is 23.7 Å². The van der Waals surface area contributed by atoms with Gasteiger partial charge in [0.15, 0.2) is 0 Å². The first-order valence-corrected chi connectivity index (χ1v) is 9.67. The van der Waals surface area contributed by atoms with E-state index in [2.05, 4.69) is 15.4 Å². The highest BCUT2D eigenvalue weighted by atomic mass is 32.1. The van der Waals surface area contributed by atoms with Gasteiger partial charge in [0, 0.05) is 18.6 Å². The number of hydrogen-bond acceptors (Lipinski definition) is 5. The van der Waals surface area contributed by atoms with Crippen LogP contribution in [0.15, 0.2) is 48.7 Å². The first-order valence-electron chi connectivity index (χ1n) is 8.86. The Hall–Kier alpha value is -3.73. The lowest BCUT2D eigenvalue weighted by Crippen LogP contribution is -2.19. The molecule has 3 heterocycles. The van der Waals surface area contributed by atoms with E-state index in [0.717, 1.165) is 6.07 Å². The normalized spacial score (nSPS) is 11.6. The molecule has 4 rings (SSSR count). The van der Waals surface area contributed by atoms with Crippen LogP contribution in [0.5, 0.6) is 0 Å². The summed E-state index contributed by atoms with van der Waals surface area (Å²) in [6, 6.07) is 10.7. The fraction of sp³-hybridized carbons (Fsp3) is 0.100. The van der Waals surface area contributed by atoms with E-state index in [9.17, 15) is 22.8 Å². The molecule has 31 heavy (non-hydrogen) atoms. The van der Waals surface area contributed by atoms with Crippen LogP contribution in [0, 0.1) is 0 Å². The number of anilines is 1. The predicted molar refractivity (Wildman–Crippen MR) is 110 cm³/mol. The van der Waals surface area contributed by atoms with Crippen LogP contribution < -0.4 is 11.1 Å². The molecule has 0 unspecified atom stereocenters. The van der Waals surface area contributed by atoms with Crippen molar-refractivity contribution in [2.75, 3.05) is 5.32 Å². The number of halogens is 3. The van der Waals surface area contributed by atoms with Gasteiger partial charge in [0.25, 0.3) is 11.8 Å². The quantitative estimate of drug-likeness (QED) is 0.494. The first kappa shape index (κ1) is 20.5. The summed E-state index contributed by atoms with van der Waals surface area (Å²) in [4.78, 5) is 28.4. The number of alkyl halides is 3. The molecule has 158 valence electrons. The molecular formula is C20H14F3N5O2S. The van der Waals surface area contributed by atoms with Crippen LogP contribution in [0.2, 0.25) is 0 Å². The third kappa shape index (κ3) is 3.75. The minimum Gasteiger partial charge on any atom is -0.365 e. The van der Waals surface area contributed by atoms with Gasteiger partial charge >= 0.3 is 6.18 Å². The highest BCUT2D eigenvalue weighted by Crippen LogP contribution is 2.43. The maximum Gasteiger partial charge on any atom is 0.433 e. The van der Waals surface area contributed by atoms with Crippen LogP contribution >= 0.6 is 11.3 Å². The third-order valence-corrected chi connectivity index (χ3v) is 5.65. The minimum atomic E-state index is -4.70. The molecule has 0 spiro atoms. The van der Waals surface area contributed by atoms with Gasteiger partial charge in [-0.2, -0.15) is 18.3 Å². The minimum absolute atomic E-state index is 0.0128. The van der Waals surface area contributed by atoms with E-state index in [-0.39, 0.29) is 32.0 Å². The monoisotopic (exact) mass is 445 g/mol. The average Bonchev–Trinajstić information content (AvgIpc) is 3.31. The number of carbonyl (C=O) groups is 2. The lowest BCUT2D eigenvalue weighted by atomic mass is 10.0. The zero-order chi connectivity index (χ0) is 22.3. The molecule has 0 atom stereocenters. The molecule has 3 N–H and O–H groups in total. The highest BCUT2D eigenvalue weighted by molar-refractivity contribution is 7.21. The van der Waals surface area contributed by atoms with Gasteiger partial charge in [-0.25, -0.2) is 4.98 Å². The molecule has 0 aliphatic heterocycles. The Labute approximate surface area is 177 Å².